The standard InChI is InChI=1S/C15H14O8/c1-19-9-5-7-8(6-10(9)20-2)13(16)23-12(15(18)22-4)11(7)14(17)21-3/h5-6H,1-4H3. The van der Waals surface area contributed by atoms with E-state index in [2.05, 4.69) is 9.47 Å². The Balaban J connectivity index is 2.98. The Morgan fingerprint density at radius 2 is 1.39 bits per heavy atom. The molecular weight excluding hydrogens is 308 g/mol. The summed E-state index contributed by atoms with van der Waals surface area (Å²) >= 11 is 0. The fourth-order valence-corrected chi connectivity index (χ4v) is 2.12. The van der Waals surface area contributed by atoms with Crippen molar-refractivity contribution < 1.29 is 33.0 Å². The number of rotatable bonds is 4. The number of hydrogen-bond donors (Lipinski definition) is 0. The van der Waals surface area contributed by atoms with Gasteiger partial charge in [0.2, 0.25) is 5.76 Å². The lowest BCUT2D eigenvalue weighted by molar-refractivity contribution is 0.0522. The lowest BCUT2D eigenvalue weighted by Gasteiger charge is -2.12. The molecule has 0 saturated carbocycles. The Morgan fingerprint density at radius 1 is 0.870 bits per heavy atom. The molecule has 0 aliphatic heterocycles. The maximum atomic E-state index is 12.1. The Bertz CT molecular complexity index is 833. The molecule has 1 aromatic heterocycles. The van der Waals surface area contributed by atoms with Gasteiger partial charge in [-0.3, -0.25) is 0 Å². The minimum absolute atomic E-state index is 0.0377. The number of fused-ring (bicyclic) bond motifs is 1. The highest BCUT2D eigenvalue weighted by Gasteiger charge is 2.27. The quantitative estimate of drug-likeness (QED) is 0.778. The molecule has 0 atom stereocenters. The minimum Gasteiger partial charge on any atom is -0.493 e. The van der Waals surface area contributed by atoms with E-state index in [4.69, 9.17) is 13.9 Å². The molecule has 0 aliphatic carbocycles. The van der Waals surface area contributed by atoms with Gasteiger partial charge in [-0.25, -0.2) is 14.4 Å². The third kappa shape index (κ3) is 2.70. The molecule has 0 radical (unpaired) electrons. The van der Waals surface area contributed by atoms with Crippen molar-refractivity contribution in [3.8, 4) is 11.5 Å². The van der Waals surface area contributed by atoms with Gasteiger partial charge in [-0.1, -0.05) is 0 Å². The molecule has 0 bridgehead atoms. The summed E-state index contributed by atoms with van der Waals surface area (Å²) < 4.78 is 24.4. The van der Waals surface area contributed by atoms with E-state index >= 15 is 0 Å². The summed E-state index contributed by atoms with van der Waals surface area (Å²) in [5, 5.41) is 0.168. The first-order valence-corrected chi connectivity index (χ1v) is 6.37. The molecule has 0 fully saturated rings. The van der Waals surface area contributed by atoms with Crippen LogP contribution in [0.1, 0.15) is 20.9 Å². The Kier molecular flexibility index (Phi) is 4.54. The third-order valence-electron chi connectivity index (χ3n) is 3.20. The van der Waals surface area contributed by atoms with Crippen LogP contribution < -0.4 is 15.1 Å². The van der Waals surface area contributed by atoms with Crippen LogP contribution in [0.2, 0.25) is 0 Å². The summed E-state index contributed by atoms with van der Waals surface area (Å²) in [5.41, 5.74) is -1.05. The summed E-state index contributed by atoms with van der Waals surface area (Å²) in [6.45, 7) is 0. The molecule has 0 unspecified atom stereocenters. The zero-order valence-corrected chi connectivity index (χ0v) is 12.9. The van der Waals surface area contributed by atoms with Crippen LogP contribution in [0.25, 0.3) is 10.8 Å². The topological polar surface area (TPSA) is 101 Å². The van der Waals surface area contributed by atoms with Crippen molar-refractivity contribution in [2.24, 2.45) is 0 Å². The smallest absolute Gasteiger partial charge is 0.375 e. The van der Waals surface area contributed by atoms with Gasteiger partial charge >= 0.3 is 17.6 Å². The molecule has 0 saturated heterocycles. The monoisotopic (exact) mass is 322 g/mol. The Labute approximate surface area is 130 Å². The summed E-state index contributed by atoms with van der Waals surface area (Å²) in [7, 11) is 5.03. The van der Waals surface area contributed by atoms with Crippen LogP contribution in [0.5, 0.6) is 11.5 Å². The lowest BCUT2D eigenvalue weighted by Crippen LogP contribution is -2.17. The van der Waals surface area contributed by atoms with Crippen molar-refractivity contribution >= 4 is 22.7 Å². The van der Waals surface area contributed by atoms with Gasteiger partial charge in [0, 0.05) is 5.39 Å². The molecule has 8 heteroatoms. The van der Waals surface area contributed by atoms with Crippen LogP contribution in [-0.2, 0) is 9.47 Å². The average molecular weight is 322 g/mol. The molecule has 8 nitrogen and oxygen atoms in total. The van der Waals surface area contributed by atoms with Gasteiger partial charge in [-0.15, -0.1) is 0 Å². The highest BCUT2D eigenvalue weighted by Crippen LogP contribution is 2.33. The first kappa shape index (κ1) is 16.3. The van der Waals surface area contributed by atoms with E-state index in [1.165, 1.54) is 26.4 Å². The number of carbonyl (C=O) groups is 2. The van der Waals surface area contributed by atoms with Crippen molar-refractivity contribution in [1.29, 1.82) is 0 Å². The normalized spacial score (nSPS) is 10.3. The van der Waals surface area contributed by atoms with Gasteiger partial charge in [0.25, 0.3) is 0 Å². The molecule has 0 N–H and O–H groups in total. The van der Waals surface area contributed by atoms with Crippen LogP contribution in [-0.4, -0.2) is 40.4 Å². The Hall–Kier alpha value is -3.03. The van der Waals surface area contributed by atoms with E-state index in [1.54, 1.807) is 0 Å². The van der Waals surface area contributed by atoms with Crippen molar-refractivity contribution in [2.45, 2.75) is 0 Å². The molecule has 0 amide bonds. The predicted molar refractivity (Wildman–Crippen MR) is 78.3 cm³/mol. The number of ether oxygens (including phenoxy) is 4. The molecule has 1 aromatic carbocycles. The number of benzene rings is 1. The number of methoxy groups -OCH3 is 4. The van der Waals surface area contributed by atoms with Gasteiger partial charge in [0.15, 0.2) is 11.5 Å². The molecule has 1 heterocycles. The molecule has 2 aromatic rings. The van der Waals surface area contributed by atoms with E-state index in [0.29, 0.717) is 0 Å². The van der Waals surface area contributed by atoms with E-state index < -0.39 is 23.3 Å². The molecule has 0 aliphatic rings. The highest BCUT2D eigenvalue weighted by molar-refractivity contribution is 6.11. The largest absolute Gasteiger partial charge is 0.493 e. The van der Waals surface area contributed by atoms with Gasteiger partial charge in [0.1, 0.15) is 5.56 Å². The maximum absolute atomic E-state index is 12.1. The lowest BCUT2D eigenvalue weighted by atomic mass is 10.0. The summed E-state index contributed by atoms with van der Waals surface area (Å²) in [5.74, 6) is -1.82. The fourth-order valence-electron chi connectivity index (χ4n) is 2.12. The van der Waals surface area contributed by atoms with Crippen molar-refractivity contribution in [2.75, 3.05) is 28.4 Å². The molecule has 23 heavy (non-hydrogen) atoms. The summed E-state index contributed by atoms with van der Waals surface area (Å²) in [6.07, 6.45) is 0. The van der Waals surface area contributed by atoms with Crippen molar-refractivity contribution in [3.63, 3.8) is 0 Å². The number of esters is 2. The summed E-state index contributed by atoms with van der Waals surface area (Å²) in [4.78, 5) is 36.0. The SMILES string of the molecule is COC(=O)c1oc(=O)c2cc(OC)c(OC)cc2c1C(=O)OC. The van der Waals surface area contributed by atoms with E-state index in [-0.39, 0.29) is 27.8 Å². The molecule has 0 spiro atoms. The first-order chi connectivity index (χ1) is 11.0. The Morgan fingerprint density at radius 3 is 1.87 bits per heavy atom. The third-order valence-corrected chi connectivity index (χ3v) is 3.20. The minimum atomic E-state index is -0.973. The van der Waals surface area contributed by atoms with Crippen LogP contribution in [0.3, 0.4) is 0 Å². The van der Waals surface area contributed by atoms with E-state index in [1.807, 2.05) is 0 Å². The maximum Gasteiger partial charge on any atom is 0.375 e. The number of hydrogen-bond acceptors (Lipinski definition) is 8. The second-order valence-corrected chi connectivity index (χ2v) is 4.33. The van der Waals surface area contributed by atoms with Gasteiger partial charge in [0.05, 0.1) is 33.8 Å². The van der Waals surface area contributed by atoms with Crippen molar-refractivity contribution in [3.05, 3.63) is 33.9 Å². The number of carbonyl (C=O) groups excluding carboxylic acids is 2. The molecular formula is C15H14O8. The first-order valence-electron chi connectivity index (χ1n) is 6.37. The highest BCUT2D eigenvalue weighted by atomic mass is 16.5. The zero-order chi connectivity index (χ0) is 17.1. The fraction of sp³-hybridized carbons (Fsp3) is 0.267. The van der Waals surface area contributed by atoms with Crippen molar-refractivity contribution in [1.82, 2.24) is 0 Å². The second kappa shape index (κ2) is 6.39. The van der Waals surface area contributed by atoms with Gasteiger partial charge < -0.3 is 23.4 Å². The van der Waals surface area contributed by atoms with Crippen LogP contribution in [0.15, 0.2) is 21.3 Å². The van der Waals surface area contributed by atoms with E-state index in [0.717, 1.165) is 14.2 Å². The summed E-state index contributed by atoms with van der Waals surface area (Å²) in [6, 6.07) is 2.75. The molecule has 2 rings (SSSR count). The second-order valence-electron chi connectivity index (χ2n) is 4.33. The van der Waals surface area contributed by atoms with Crippen LogP contribution >= 0.6 is 0 Å². The average Bonchev–Trinajstić information content (AvgIpc) is 2.58. The van der Waals surface area contributed by atoms with Gasteiger partial charge in [-0.2, -0.15) is 0 Å². The van der Waals surface area contributed by atoms with Gasteiger partial charge in [-0.05, 0) is 12.1 Å². The zero-order valence-electron chi connectivity index (χ0n) is 12.9. The van der Waals surface area contributed by atoms with Crippen LogP contribution in [0, 0.1) is 0 Å². The van der Waals surface area contributed by atoms with Crippen LogP contribution in [0.4, 0.5) is 0 Å². The predicted octanol–water partition coefficient (Wildman–Crippen LogP) is 1.38. The van der Waals surface area contributed by atoms with E-state index in [9.17, 15) is 14.4 Å². The molecule has 122 valence electrons.